The fourth-order valence-electron chi connectivity index (χ4n) is 2.43. The summed E-state index contributed by atoms with van der Waals surface area (Å²) in [6, 6.07) is 0.351. The first kappa shape index (κ1) is 19.6. The normalized spacial score (nSPS) is 21.0. The topological polar surface area (TPSA) is 24.7 Å². The van der Waals surface area contributed by atoms with Crippen LogP contribution >= 0.6 is 0 Å². The minimum absolute atomic E-state index is 0.351. The van der Waals surface area contributed by atoms with E-state index in [-0.39, 0.29) is 0 Å². The van der Waals surface area contributed by atoms with Crippen LogP contribution in [-0.4, -0.2) is 18.0 Å². The molecule has 0 saturated heterocycles. The molecule has 0 heterocycles. The second-order valence-corrected chi connectivity index (χ2v) is 7.14. The van der Waals surface area contributed by atoms with E-state index in [0.717, 1.165) is 24.3 Å². The summed E-state index contributed by atoms with van der Waals surface area (Å²) >= 11 is 0. The van der Waals surface area contributed by atoms with Crippen molar-refractivity contribution in [2.75, 3.05) is 0 Å². The molecule has 0 N–H and O–H groups in total. The van der Waals surface area contributed by atoms with Gasteiger partial charge in [0, 0.05) is 23.5 Å². The van der Waals surface area contributed by atoms with E-state index in [1.807, 2.05) is 26.8 Å². The molecule has 2 nitrogen and oxygen atoms in total. The maximum Gasteiger partial charge on any atom is 0.0716 e. The Hall–Kier alpha value is -1.44. The highest BCUT2D eigenvalue weighted by Gasteiger charge is 2.37. The molecule has 0 spiro atoms. The first-order valence-electron chi connectivity index (χ1n) is 8.92. The van der Waals surface area contributed by atoms with Gasteiger partial charge in [-0.25, -0.2) is 0 Å². The van der Waals surface area contributed by atoms with Crippen LogP contribution in [0.5, 0.6) is 0 Å². The Morgan fingerprint density at radius 2 is 1.87 bits per heavy atom. The van der Waals surface area contributed by atoms with Gasteiger partial charge in [0.15, 0.2) is 0 Å². The maximum atomic E-state index is 4.80. The monoisotopic (exact) mass is 314 g/mol. The number of hydrogen-bond acceptors (Lipinski definition) is 2. The average Bonchev–Trinajstić information content (AvgIpc) is 3.23. The molecule has 1 rings (SSSR count). The largest absolute Gasteiger partial charge is 0.289 e. The molecule has 1 fully saturated rings. The zero-order valence-corrected chi connectivity index (χ0v) is 16.1. The van der Waals surface area contributed by atoms with Gasteiger partial charge in [0.05, 0.1) is 5.71 Å². The molecule has 0 aromatic carbocycles. The minimum atomic E-state index is 0.351. The molecule has 128 valence electrons. The van der Waals surface area contributed by atoms with Crippen molar-refractivity contribution in [3.63, 3.8) is 0 Å². The minimum Gasteiger partial charge on any atom is -0.289 e. The maximum absolute atomic E-state index is 4.80. The molecular formula is C21H34N2. The molecule has 0 radical (unpaired) electrons. The molecule has 1 saturated carbocycles. The highest BCUT2D eigenvalue weighted by atomic mass is 14.8. The molecule has 0 aromatic rings. The van der Waals surface area contributed by atoms with Gasteiger partial charge in [-0.1, -0.05) is 31.6 Å². The van der Waals surface area contributed by atoms with Gasteiger partial charge in [0.25, 0.3) is 0 Å². The van der Waals surface area contributed by atoms with E-state index >= 15 is 0 Å². The summed E-state index contributed by atoms with van der Waals surface area (Å²) in [5.74, 6) is 0. The number of nitrogens with zero attached hydrogens (tertiary/aromatic N) is 2. The second-order valence-electron chi connectivity index (χ2n) is 7.14. The Bertz CT molecular complexity index is 540. The van der Waals surface area contributed by atoms with Crippen LogP contribution < -0.4 is 0 Å². The molecule has 1 aliphatic rings. The molecule has 1 aliphatic carbocycles. The van der Waals surface area contributed by atoms with E-state index < -0.39 is 0 Å². The van der Waals surface area contributed by atoms with Crippen molar-refractivity contribution in [3.05, 3.63) is 35.1 Å². The van der Waals surface area contributed by atoms with Crippen LogP contribution in [0.15, 0.2) is 45.1 Å². The molecule has 0 amide bonds. The van der Waals surface area contributed by atoms with Crippen LogP contribution in [0.3, 0.4) is 0 Å². The van der Waals surface area contributed by atoms with E-state index in [0.29, 0.717) is 11.5 Å². The Morgan fingerprint density at radius 3 is 2.35 bits per heavy atom. The summed E-state index contributed by atoms with van der Waals surface area (Å²) in [5, 5.41) is 0. The Labute approximate surface area is 143 Å². The number of aliphatic imine (C=N–C) groups is 2. The van der Waals surface area contributed by atoms with Gasteiger partial charge in [-0.2, -0.15) is 0 Å². The van der Waals surface area contributed by atoms with Crippen molar-refractivity contribution in [2.24, 2.45) is 15.4 Å². The fraction of sp³-hybridized carbons (Fsp3) is 0.619. The Kier molecular flexibility index (Phi) is 7.67. The third-order valence-corrected chi connectivity index (χ3v) is 4.62. The molecule has 0 aliphatic heterocycles. The molecular weight excluding hydrogens is 280 g/mol. The smallest absolute Gasteiger partial charge is 0.0716 e. The standard InChI is InChI=1S/C21H34N2/c1-8-11-20(23-18(6)10-3)19(15-22-17(5)9-2)16(4)14-21(7)12-13-21/h8,10-11,15,17H,9,12-14H2,1-7H3/b11-8-,18-10+,19-16+,22-15?,23-20+. The number of rotatable bonds is 8. The van der Waals surface area contributed by atoms with Crippen LogP contribution in [0.4, 0.5) is 0 Å². The highest BCUT2D eigenvalue weighted by Crippen LogP contribution is 2.50. The van der Waals surface area contributed by atoms with Gasteiger partial charge in [0.1, 0.15) is 0 Å². The first-order chi connectivity index (χ1) is 10.8. The van der Waals surface area contributed by atoms with Crippen molar-refractivity contribution in [1.29, 1.82) is 0 Å². The van der Waals surface area contributed by atoms with E-state index in [1.54, 1.807) is 0 Å². The van der Waals surface area contributed by atoms with Gasteiger partial charge in [0.2, 0.25) is 0 Å². The lowest BCUT2D eigenvalue weighted by atomic mass is 9.94. The summed E-state index contributed by atoms with van der Waals surface area (Å²) in [6.45, 7) is 15.1. The van der Waals surface area contributed by atoms with Crippen LogP contribution in [0.25, 0.3) is 0 Å². The molecule has 23 heavy (non-hydrogen) atoms. The average molecular weight is 315 g/mol. The summed E-state index contributed by atoms with van der Waals surface area (Å²) in [4.78, 5) is 9.54. The van der Waals surface area contributed by atoms with Crippen molar-refractivity contribution in [2.45, 2.75) is 80.2 Å². The van der Waals surface area contributed by atoms with Gasteiger partial charge < -0.3 is 0 Å². The summed E-state index contributed by atoms with van der Waals surface area (Å²) in [7, 11) is 0. The van der Waals surface area contributed by atoms with E-state index in [9.17, 15) is 0 Å². The van der Waals surface area contributed by atoms with E-state index in [2.05, 4.69) is 46.1 Å². The summed E-state index contributed by atoms with van der Waals surface area (Å²) < 4.78 is 0. The zero-order chi connectivity index (χ0) is 17.5. The third-order valence-electron chi connectivity index (χ3n) is 4.62. The van der Waals surface area contributed by atoms with Crippen molar-refractivity contribution in [3.8, 4) is 0 Å². The van der Waals surface area contributed by atoms with E-state index in [4.69, 9.17) is 9.98 Å². The first-order valence-corrected chi connectivity index (χ1v) is 8.92. The van der Waals surface area contributed by atoms with Gasteiger partial charge in [-0.05, 0) is 71.8 Å². The van der Waals surface area contributed by atoms with Crippen LogP contribution in [0.2, 0.25) is 0 Å². The number of hydrogen-bond donors (Lipinski definition) is 0. The fourth-order valence-corrected chi connectivity index (χ4v) is 2.43. The van der Waals surface area contributed by atoms with Crippen LogP contribution in [0.1, 0.15) is 74.1 Å². The molecule has 2 heteroatoms. The summed E-state index contributed by atoms with van der Waals surface area (Å²) in [5.41, 5.74) is 5.15. The van der Waals surface area contributed by atoms with Crippen molar-refractivity contribution in [1.82, 2.24) is 0 Å². The highest BCUT2D eigenvalue weighted by molar-refractivity contribution is 6.22. The Balaban J connectivity index is 3.26. The molecule has 1 atom stereocenters. The van der Waals surface area contributed by atoms with Gasteiger partial charge in [-0.3, -0.25) is 9.98 Å². The van der Waals surface area contributed by atoms with Crippen LogP contribution in [-0.2, 0) is 0 Å². The lowest BCUT2D eigenvalue weighted by molar-refractivity contribution is 0.566. The predicted octanol–water partition coefficient (Wildman–Crippen LogP) is 6.30. The Morgan fingerprint density at radius 1 is 1.22 bits per heavy atom. The van der Waals surface area contributed by atoms with Gasteiger partial charge >= 0.3 is 0 Å². The van der Waals surface area contributed by atoms with Crippen molar-refractivity contribution >= 4 is 11.9 Å². The lowest BCUT2D eigenvalue weighted by Gasteiger charge is -2.14. The van der Waals surface area contributed by atoms with Crippen LogP contribution in [0, 0.1) is 5.41 Å². The quantitative estimate of drug-likeness (QED) is 0.469. The number of allylic oxidation sites excluding steroid dienone is 6. The SMILES string of the molecule is C\C=C/C(=N\C(C)=C\C)C(/C=NC(C)CC)=C(\C)CC1(C)CC1. The molecule has 1 unspecified atom stereocenters. The lowest BCUT2D eigenvalue weighted by Crippen LogP contribution is -2.09. The molecule has 0 bridgehead atoms. The predicted molar refractivity (Wildman–Crippen MR) is 105 cm³/mol. The second kappa shape index (κ2) is 9.00. The third kappa shape index (κ3) is 6.68. The zero-order valence-electron chi connectivity index (χ0n) is 16.1. The van der Waals surface area contributed by atoms with Gasteiger partial charge in [-0.15, -0.1) is 0 Å². The van der Waals surface area contributed by atoms with E-state index in [1.165, 1.54) is 24.0 Å². The molecule has 0 aromatic heterocycles. The van der Waals surface area contributed by atoms with Crippen molar-refractivity contribution < 1.29 is 0 Å². The summed E-state index contributed by atoms with van der Waals surface area (Å²) in [6.07, 6.45) is 13.1.